The number of aromatic nitrogens is 1. The third kappa shape index (κ3) is 3.49. The minimum Gasteiger partial charge on any atom is -0.388 e. The topological polar surface area (TPSA) is 54.5 Å². The van der Waals surface area contributed by atoms with Crippen molar-refractivity contribution in [3.63, 3.8) is 0 Å². The molecule has 112 valence electrons. The van der Waals surface area contributed by atoms with E-state index in [0.717, 1.165) is 16.6 Å². The predicted molar refractivity (Wildman–Crippen MR) is 84.7 cm³/mol. The second-order valence-corrected chi connectivity index (χ2v) is 4.75. The summed E-state index contributed by atoms with van der Waals surface area (Å²) in [5, 5.41) is 4.13. The van der Waals surface area contributed by atoms with Crippen molar-refractivity contribution in [2.75, 3.05) is 39.2 Å². The SMILES string of the molecule is CCOCCN(C)C(=O)c1cc(NC)c2ccccc2n1. The van der Waals surface area contributed by atoms with E-state index in [1.807, 2.05) is 38.2 Å². The molecule has 1 aromatic heterocycles. The van der Waals surface area contributed by atoms with Gasteiger partial charge in [-0.15, -0.1) is 0 Å². The number of anilines is 1. The van der Waals surface area contributed by atoms with E-state index in [0.29, 0.717) is 25.5 Å². The molecular weight excluding hydrogens is 266 g/mol. The van der Waals surface area contributed by atoms with Gasteiger partial charge in [0.05, 0.1) is 12.1 Å². The van der Waals surface area contributed by atoms with Gasteiger partial charge >= 0.3 is 0 Å². The Morgan fingerprint density at radius 1 is 1.38 bits per heavy atom. The fourth-order valence-electron chi connectivity index (χ4n) is 2.13. The van der Waals surface area contributed by atoms with E-state index in [-0.39, 0.29) is 5.91 Å². The number of para-hydroxylation sites is 1. The van der Waals surface area contributed by atoms with Gasteiger partial charge in [0.2, 0.25) is 0 Å². The number of rotatable bonds is 6. The lowest BCUT2D eigenvalue weighted by Crippen LogP contribution is -2.30. The zero-order chi connectivity index (χ0) is 15.2. The molecule has 1 amide bonds. The molecule has 0 bridgehead atoms. The quantitative estimate of drug-likeness (QED) is 0.829. The molecule has 0 unspecified atom stereocenters. The van der Waals surface area contributed by atoms with Crippen molar-refractivity contribution in [1.29, 1.82) is 0 Å². The van der Waals surface area contributed by atoms with Crippen molar-refractivity contribution in [3.8, 4) is 0 Å². The minimum atomic E-state index is -0.100. The van der Waals surface area contributed by atoms with Crippen LogP contribution in [0.4, 0.5) is 5.69 Å². The molecule has 0 fully saturated rings. The Bertz CT molecular complexity index is 628. The van der Waals surface area contributed by atoms with Gasteiger partial charge in [-0.25, -0.2) is 4.98 Å². The number of nitrogens with zero attached hydrogens (tertiary/aromatic N) is 2. The van der Waals surface area contributed by atoms with Crippen molar-refractivity contribution >= 4 is 22.5 Å². The number of fused-ring (bicyclic) bond motifs is 1. The van der Waals surface area contributed by atoms with Gasteiger partial charge in [0.25, 0.3) is 5.91 Å². The van der Waals surface area contributed by atoms with Crippen LogP contribution in [0.5, 0.6) is 0 Å². The Labute approximate surface area is 124 Å². The average molecular weight is 287 g/mol. The largest absolute Gasteiger partial charge is 0.388 e. The van der Waals surface area contributed by atoms with Gasteiger partial charge in [0.1, 0.15) is 5.69 Å². The van der Waals surface area contributed by atoms with Crippen LogP contribution >= 0.6 is 0 Å². The van der Waals surface area contributed by atoms with E-state index in [4.69, 9.17) is 4.74 Å². The number of pyridine rings is 1. The van der Waals surface area contributed by atoms with E-state index in [1.54, 1.807) is 18.0 Å². The van der Waals surface area contributed by atoms with Gasteiger partial charge in [-0.1, -0.05) is 18.2 Å². The van der Waals surface area contributed by atoms with Gasteiger partial charge in [-0.3, -0.25) is 4.79 Å². The molecule has 0 saturated carbocycles. The summed E-state index contributed by atoms with van der Waals surface area (Å²) in [7, 11) is 3.60. The molecule has 2 rings (SSSR count). The predicted octanol–water partition coefficient (Wildman–Crippen LogP) is 2.39. The van der Waals surface area contributed by atoms with Gasteiger partial charge < -0.3 is 15.0 Å². The van der Waals surface area contributed by atoms with Crippen LogP contribution in [0, 0.1) is 0 Å². The number of nitrogens with one attached hydrogen (secondary N) is 1. The molecule has 0 aliphatic carbocycles. The average Bonchev–Trinajstić information content (AvgIpc) is 2.53. The van der Waals surface area contributed by atoms with Crippen LogP contribution in [0.3, 0.4) is 0 Å². The van der Waals surface area contributed by atoms with Crippen LogP contribution in [0.2, 0.25) is 0 Å². The normalized spacial score (nSPS) is 10.6. The highest BCUT2D eigenvalue weighted by Crippen LogP contribution is 2.23. The maximum atomic E-state index is 12.4. The molecule has 2 aromatic rings. The summed E-state index contributed by atoms with van der Waals surface area (Å²) < 4.78 is 5.28. The third-order valence-corrected chi connectivity index (χ3v) is 3.33. The first-order valence-electron chi connectivity index (χ1n) is 7.08. The van der Waals surface area contributed by atoms with Crippen LogP contribution < -0.4 is 5.32 Å². The zero-order valence-electron chi connectivity index (χ0n) is 12.7. The van der Waals surface area contributed by atoms with E-state index in [1.165, 1.54) is 0 Å². The number of benzene rings is 1. The Morgan fingerprint density at radius 2 is 2.14 bits per heavy atom. The molecule has 0 spiro atoms. The Balaban J connectivity index is 2.27. The molecule has 5 heteroatoms. The number of likely N-dealkylation sites (N-methyl/N-ethyl adjacent to an activating group) is 1. The number of carbonyl (C=O) groups is 1. The Hall–Kier alpha value is -2.14. The van der Waals surface area contributed by atoms with Crippen LogP contribution in [-0.4, -0.2) is 49.6 Å². The summed E-state index contributed by atoms with van der Waals surface area (Å²) >= 11 is 0. The summed E-state index contributed by atoms with van der Waals surface area (Å²) in [5.74, 6) is -0.100. The lowest BCUT2D eigenvalue weighted by atomic mass is 10.1. The molecule has 0 saturated heterocycles. The summed E-state index contributed by atoms with van der Waals surface area (Å²) in [6.07, 6.45) is 0. The maximum absolute atomic E-state index is 12.4. The fraction of sp³-hybridized carbons (Fsp3) is 0.375. The smallest absolute Gasteiger partial charge is 0.272 e. The highest BCUT2D eigenvalue weighted by atomic mass is 16.5. The van der Waals surface area contributed by atoms with Crippen molar-refractivity contribution in [2.24, 2.45) is 0 Å². The molecule has 1 aromatic carbocycles. The van der Waals surface area contributed by atoms with Crippen LogP contribution in [0.25, 0.3) is 10.9 Å². The molecule has 0 aliphatic heterocycles. The van der Waals surface area contributed by atoms with Crippen molar-refractivity contribution in [1.82, 2.24) is 9.88 Å². The lowest BCUT2D eigenvalue weighted by molar-refractivity contribution is 0.0705. The van der Waals surface area contributed by atoms with E-state index in [9.17, 15) is 4.79 Å². The second-order valence-electron chi connectivity index (χ2n) is 4.75. The monoisotopic (exact) mass is 287 g/mol. The maximum Gasteiger partial charge on any atom is 0.272 e. The van der Waals surface area contributed by atoms with E-state index >= 15 is 0 Å². The lowest BCUT2D eigenvalue weighted by Gasteiger charge is -2.17. The third-order valence-electron chi connectivity index (χ3n) is 3.33. The number of hydrogen-bond acceptors (Lipinski definition) is 4. The van der Waals surface area contributed by atoms with Crippen molar-refractivity contribution < 1.29 is 9.53 Å². The van der Waals surface area contributed by atoms with E-state index in [2.05, 4.69) is 10.3 Å². The number of hydrogen-bond donors (Lipinski definition) is 1. The summed E-state index contributed by atoms with van der Waals surface area (Å²) in [5.41, 5.74) is 2.16. The first kappa shape index (κ1) is 15.3. The number of carbonyl (C=O) groups excluding carboxylic acids is 1. The van der Waals surface area contributed by atoms with Gasteiger partial charge in [-0.05, 0) is 19.1 Å². The Morgan fingerprint density at radius 3 is 2.86 bits per heavy atom. The molecule has 5 nitrogen and oxygen atoms in total. The first-order valence-corrected chi connectivity index (χ1v) is 7.08. The molecule has 21 heavy (non-hydrogen) atoms. The fourth-order valence-corrected chi connectivity index (χ4v) is 2.13. The second kappa shape index (κ2) is 7.04. The molecule has 1 N–H and O–H groups in total. The summed E-state index contributed by atoms with van der Waals surface area (Å²) in [6.45, 7) is 3.67. The van der Waals surface area contributed by atoms with Gasteiger partial charge in [0, 0.05) is 38.3 Å². The van der Waals surface area contributed by atoms with Crippen LogP contribution in [-0.2, 0) is 4.74 Å². The van der Waals surface area contributed by atoms with Crippen LogP contribution in [0.1, 0.15) is 17.4 Å². The molecule has 0 atom stereocenters. The minimum absolute atomic E-state index is 0.100. The van der Waals surface area contributed by atoms with Crippen molar-refractivity contribution in [3.05, 3.63) is 36.0 Å². The number of ether oxygens (including phenoxy) is 1. The molecule has 1 heterocycles. The van der Waals surface area contributed by atoms with Gasteiger partial charge in [-0.2, -0.15) is 0 Å². The molecule has 0 aliphatic rings. The van der Waals surface area contributed by atoms with E-state index < -0.39 is 0 Å². The highest BCUT2D eigenvalue weighted by Gasteiger charge is 2.15. The van der Waals surface area contributed by atoms with Gasteiger partial charge in [0.15, 0.2) is 0 Å². The Kier molecular flexibility index (Phi) is 5.11. The van der Waals surface area contributed by atoms with Crippen molar-refractivity contribution in [2.45, 2.75) is 6.92 Å². The molecule has 0 radical (unpaired) electrons. The highest BCUT2D eigenvalue weighted by molar-refractivity contribution is 5.99. The number of amides is 1. The van der Waals surface area contributed by atoms with Crippen LogP contribution in [0.15, 0.2) is 30.3 Å². The molecular formula is C16H21N3O2. The summed E-state index contributed by atoms with van der Waals surface area (Å²) in [4.78, 5) is 18.5. The first-order chi connectivity index (χ1) is 10.2. The summed E-state index contributed by atoms with van der Waals surface area (Å²) in [6, 6.07) is 9.57. The zero-order valence-corrected chi connectivity index (χ0v) is 12.7. The standard InChI is InChI=1S/C16H21N3O2/c1-4-21-10-9-19(3)16(20)15-11-14(17-2)12-7-5-6-8-13(12)18-15/h5-8,11H,4,9-10H2,1-3H3,(H,17,18).